The van der Waals surface area contributed by atoms with Crippen molar-refractivity contribution in [1.29, 1.82) is 0 Å². The lowest BCUT2D eigenvalue weighted by Gasteiger charge is -2.22. The highest BCUT2D eigenvalue weighted by molar-refractivity contribution is 6.83. The van der Waals surface area contributed by atoms with Crippen LogP contribution < -0.4 is 10.6 Å². The molecule has 1 fully saturated rings. The summed E-state index contributed by atoms with van der Waals surface area (Å²) in [5.41, 5.74) is 6.38. The van der Waals surface area contributed by atoms with Crippen LogP contribution in [0, 0.1) is 18.4 Å². The molecule has 5 heteroatoms. The third-order valence-corrected chi connectivity index (χ3v) is 5.14. The van der Waals surface area contributed by atoms with Gasteiger partial charge in [-0.15, -0.1) is 5.54 Å². The molecule has 4 nitrogen and oxygen atoms in total. The molecule has 2 N–H and O–H groups in total. The van der Waals surface area contributed by atoms with Crippen LogP contribution in [0.25, 0.3) is 0 Å². The number of carbonyl (C=O) groups excluding carboxylic acids is 1. The summed E-state index contributed by atoms with van der Waals surface area (Å²) in [7, 11) is -1.42. The van der Waals surface area contributed by atoms with Gasteiger partial charge in [0.1, 0.15) is 13.7 Å². The number of ether oxygens (including phenoxy) is 1. The Bertz CT molecular complexity index is 735. The number of aryl methyl sites for hydroxylation is 1. The van der Waals surface area contributed by atoms with Crippen LogP contribution >= 0.6 is 0 Å². The molecule has 2 rings (SSSR count). The number of hydrogen-bond acceptors (Lipinski definition) is 3. The van der Waals surface area contributed by atoms with E-state index in [1.165, 1.54) is 5.56 Å². The molecule has 27 heavy (non-hydrogen) atoms. The lowest BCUT2D eigenvalue weighted by molar-refractivity contribution is 0.0505. The van der Waals surface area contributed by atoms with Gasteiger partial charge in [-0.25, -0.2) is 4.79 Å². The molecule has 0 spiro atoms. The molecule has 148 valence electrons. The first-order valence-electron chi connectivity index (χ1n) is 9.81. The van der Waals surface area contributed by atoms with E-state index in [1.54, 1.807) is 0 Å². The van der Waals surface area contributed by atoms with E-state index in [9.17, 15) is 4.79 Å². The smallest absolute Gasteiger partial charge is 0.407 e. The second kappa shape index (κ2) is 8.39. The molecule has 1 aromatic carbocycles. The van der Waals surface area contributed by atoms with Gasteiger partial charge in [-0.2, -0.15) is 0 Å². The number of alkyl carbamates (subject to hydrolysis) is 1. The number of amides is 1. The number of rotatable bonds is 3. The first kappa shape index (κ1) is 21.4. The maximum absolute atomic E-state index is 12.0. The molecule has 0 radical (unpaired) electrons. The zero-order valence-corrected chi connectivity index (χ0v) is 18.8. The average Bonchev–Trinajstić information content (AvgIpc) is 2.91. The molecule has 0 aromatic heterocycles. The zero-order valence-electron chi connectivity index (χ0n) is 17.8. The minimum Gasteiger partial charge on any atom is -0.444 e. The van der Waals surface area contributed by atoms with Crippen LogP contribution in [-0.4, -0.2) is 31.9 Å². The number of carbonyl (C=O) groups is 1. The normalized spacial score (nSPS) is 19.8. The van der Waals surface area contributed by atoms with Gasteiger partial charge in [-0.3, -0.25) is 0 Å². The van der Waals surface area contributed by atoms with Gasteiger partial charge in [0, 0.05) is 17.6 Å². The van der Waals surface area contributed by atoms with Gasteiger partial charge in [0.25, 0.3) is 0 Å². The van der Waals surface area contributed by atoms with E-state index in [2.05, 4.69) is 66.9 Å². The molecular formula is C22H34N2O2Si. The lowest BCUT2D eigenvalue weighted by Crippen LogP contribution is -2.38. The van der Waals surface area contributed by atoms with E-state index < -0.39 is 13.7 Å². The van der Waals surface area contributed by atoms with Gasteiger partial charge in [0.2, 0.25) is 0 Å². The molecule has 1 unspecified atom stereocenters. The fraction of sp³-hybridized carbons (Fsp3) is 0.591. The van der Waals surface area contributed by atoms with Crippen LogP contribution in [0.2, 0.25) is 19.6 Å². The number of nitrogens with one attached hydrogen (secondary N) is 2. The summed E-state index contributed by atoms with van der Waals surface area (Å²) >= 11 is 0. The molecule has 1 saturated carbocycles. The summed E-state index contributed by atoms with van der Waals surface area (Å²) in [5.74, 6) is 3.40. The summed E-state index contributed by atoms with van der Waals surface area (Å²) in [6, 6.07) is 6.88. The van der Waals surface area contributed by atoms with Crippen LogP contribution in [-0.2, 0) is 4.74 Å². The Labute approximate surface area is 165 Å². The van der Waals surface area contributed by atoms with Crippen molar-refractivity contribution >= 4 is 19.9 Å². The van der Waals surface area contributed by atoms with Crippen molar-refractivity contribution in [2.24, 2.45) is 0 Å². The van der Waals surface area contributed by atoms with Gasteiger partial charge in [0.05, 0.1) is 5.69 Å². The fourth-order valence-electron chi connectivity index (χ4n) is 3.08. The predicted octanol–water partition coefficient (Wildman–Crippen LogP) is 5.08. The van der Waals surface area contributed by atoms with Crippen molar-refractivity contribution in [3.05, 3.63) is 29.3 Å². The highest BCUT2D eigenvalue weighted by atomic mass is 28.3. The topological polar surface area (TPSA) is 50.4 Å². The summed E-state index contributed by atoms with van der Waals surface area (Å²) < 4.78 is 5.36. The zero-order chi connectivity index (χ0) is 20.2. The highest BCUT2D eigenvalue weighted by Crippen LogP contribution is 2.26. The second-order valence-corrected chi connectivity index (χ2v) is 14.3. The Hall–Kier alpha value is -1.93. The average molecular weight is 387 g/mol. The predicted molar refractivity (Wildman–Crippen MR) is 116 cm³/mol. The molecule has 2 atom stereocenters. The molecule has 0 aliphatic heterocycles. The number of hydrogen-bond donors (Lipinski definition) is 2. The van der Waals surface area contributed by atoms with Crippen molar-refractivity contribution in [2.75, 3.05) is 5.32 Å². The van der Waals surface area contributed by atoms with Gasteiger partial charge in [-0.1, -0.05) is 31.6 Å². The van der Waals surface area contributed by atoms with E-state index in [1.807, 2.05) is 20.8 Å². The summed E-state index contributed by atoms with van der Waals surface area (Å²) in [4.78, 5) is 12.0. The second-order valence-electron chi connectivity index (χ2n) is 9.55. The molecule has 1 aliphatic rings. The molecule has 1 aromatic rings. The fourth-order valence-corrected chi connectivity index (χ4v) is 3.59. The quantitative estimate of drug-likeness (QED) is 0.562. The minimum atomic E-state index is -1.42. The summed E-state index contributed by atoms with van der Waals surface area (Å²) in [6.45, 7) is 14.5. The Kier molecular flexibility index (Phi) is 6.64. The van der Waals surface area contributed by atoms with Crippen LogP contribution in [0.4, 0.5) is 10.5 Å². The first-order chi connectivity index (χ1) is 12.4. The molecule has 1 aliphatic carbocycles. The van der Waals surface area contributed by atoms with Crippen LogP contribution in [0.5, 0.6) is 0 Å². The molecular weight excluding hydrogens is 352 g/mol. The molecule has 0 bridgehead atoms. The largest absolute Gasteiger partial charge is 0.444 e. The van der Waals surface area contributed by atoms with Crippen LogP contribution in [0.3, 0.4) is 0 Å². The van der Waals surface area contributed by atoms with Crippen molar-refractivity contribution in [1.82, 2.24) is 5.32 Å². The third kappa shape index (κ3) is 7.68. The van der Waals surface area contributed by atoms with Crippen LogP contribution in [0.15, 0.2) is 18.2 Å². The Morgan fingerprint density at radius 1 is 1.19 bits per heavy atom. The van der Waals surface area contributed by atoms with Crippen molar-refractivity contribution in [2.45, 2.75) is 84.3 Å². The number of benzene rings is 1. The Balaban J connectivity index is 2.00. The maximum atomic E-state index is 12.0. The van der Waals surface area contributed by atoms with E-state index >= 15 is 0 Å². The highest BCUT2D eigenvalue weighted by Gasteiger charge is 2.28. The van der Waals surface area contributed by atoms with E-state index in [4.69, 9.17) is 4.74 Å². The van der Waals surface area contributed by atoms with Crippen molar-refractivity contribution < 1.29 is 9.53 Å². The van der Waals surface area contributed by atoms with Crippen molar-refractivity contribution in [3.8, 4) is 11.5 Å². The SMILES string of the molecule is Cc1ccc(NC2CC[C@@H](NC(=O)OC(C)(C)C)C2)c(C#C[Si](C)(C)C)c1. The van der Waals surface area contributed by atoms with Crippen LogP contribution in [0.1, 0.15) is 51.2 Å². The van der Waals surface area contributed by atoms with Gasteiger partial charge in [0.15, 0.2) is 0 Å². The Morgan fingerprint density at radius 2 is 1.85 bits per heavy atom. The van der Waals surface area contributed by atoms with E-state index in [0.717, 1.165) is 30.5 Å². The monoisotopic (exact) mass is 386 g/mol. The third-order valence-electron chi connectivity index (χ3n) is 4.26. The van der Waals surface area contributed by atoms with Crippen molar-refractivity contribution in [3.63, 3.8) is 0 Å². The van der Waals surface area contributed by atoms with E-state index in [0.29, 0.717) is 6.04 Å². The molecule has 0 heterocycles. The molecule has 1 amide bonds. The molecule has 0 saturated heterocycles. The maximum Gasteiger partial charge on any atom is 0.407 e. The summed E-state index contributed by atoms with van der Waals surface area (Å²) in [5, 5.41) is 6.64. The van der Waals surface area contributed by atoms with E-state index in [-0.39, 0.29) is 12.1 Å². The standard InChI is InChI=1S/C22H34N2O2Si/c1-16-8-11-20(17(14-16)12-13-27(5,6)7)23-18-9-10-19(15-18)24-21(25)26-22(2,3)4/h8,11,14,18-19,23H,9-10,15H2,1-7H3,(H,24,25)/t18?,19-/m1/s1. The van der Waals surface area contributed by atoms with Gasteiger partial charge < -0.3 is 15.4 Å². The van der Waals surface area contributed by atoms with Gasteiger partial charge in [-0.05, 0) is 64.7 Å². The first-order valence-corrected chi connectivity index (χ1v) is 13.3. The summed E-state index contributed by atoms with van der Waals surface area (Å²) in [6.07, 6.45) is 2.55. The lowest BCUT2D eigenvalue weighted by atomic mass is 10.1. The number of anilines is 1. The Morgan fingerprint density at radius 3 is 2.48 bits per heavy atom. The van der Waals surface area contributed by atoms with Gasteiger partial charge >= 0.3 is 6.09 Å². The minimum absolute atomic E-state index is 0.152.